The highest BCUT2D eigenvalue weighted by molar-refractivity contribution is 6.09. The van der Waals surface area contributed by atoms with Crippen molar-refractivity contribution >= 4 is 17.5 Å². The summed E-state index contributed by atoms with van der Waals surface area (Å²) in [5.41, 5.74) is 3.53. The molecule has 0 aliphatic carbocycles. The van der Waals surface area contributed by atoms with E-state index in [-0.39, 0.29) is 17.9 Å². The zero-order valence-corrected chi connectivity index (χ0v) is 14.6. The molecule has 2 rings (SSSR count). The Balaban J connectivity index is 2.25. The molecule has 0 aliphatic heterocycles. The molecule has 2 aromatic rings. The minimum Gasteiger partial charge on any atom is -0.350 e. The van der Waals surface area contributed by atoms with Gasteiger partial charge in [0.05, 0.1) is 11.3 Å². The van der Waals surface area contributed by atoms with Gasteiger partial charge in [-0.15, -0.1) is 0 Å². The predicted molar refractivity (Wildman–Crippen MR) is 97.5 cm³/mol. The maximum absolute atomic E-state index is 12.6. The number of carbonyl (C=O) groups is 2. The topological polar surface area (TPSA) is 58.2 Å². The molecule has 0 fully saturated rings. The van der Waals surface area contributed by atoms with E-state index in [9.17, 15) is 9.59 Å². The van der Waals surface area contributed by atoms with Gasteiger partial charge in [0.1, 0.15) is 0 Å². The molecule has 0 bridgehead atoms. The standard InChI is InChI=1S/C20H24N2O2/c1-5-15(4)21-19(23)16-8-6-7-9-18(16)22-20(24)17-12-13(2)10-11-14(17)3/h6-12,15H,5H2,1-4H3,(H,21,23)(H,22,24). The molecule has 126 valence electrons. The molecule has 0 heterocycles. The SMILES string of the molecule is CCC(C)NC(=O)c1ccccc1NC(=O)c1cc(C)ccc1C. The lowest BCUT2D eigenvalue weighted by molar-refractivity contribution is 0.0940. The van der Waals surface area contributed by atoms with Gasteiger partial charge in [0.15, 0.2) is 0 Å². The van der Waals surface area contributed by atoms with E-state index in [2.05, 4.69) is 10.6 Å². The Labute approximate surface area is 143 Å². The van der Waals surface area contributed by atoms with Gasteiger partial charge >= 0.3 is 0 Å². The Morgan fingerprint density at radius 3 is 2.42 bits per heavy atom. The normalized spacial score (nSPS) is 11.7. The zero-order chi connectivity index (χ0) is 17.7. The van der Waals surface area contributed by atoms with E-state index in [1.807, 2.05) is 45.9 Å². The molecule has 2 amide bonds. The molecule has 4 nitrogen and oxygen atoms in total. The summed E-state index contributed by atoms with van der Waals surface area (Å²) < 4.78 is 0. The van der Waals surface area contributed by atoms with Crippen LogP contribution in [0.4, 0.5) is 5.69 Å². The minimum absolute atomic E-state index is 0.0836. The van der Waals surface area contributed by atoms with E-state index in [1.165, 1.54) is 0 Å². The lowest BCUT2D eigenvalue weighted by atomic mass is 10.0. The van der Waals surface area contributed by atoms with Crippen molar-refractivity contribution in [2.75, 3.05) is 5.32 Å². The second-order valence-corrected chi connectivity index (χ2v) is 6.10. The first-order chi connectivity index (χ1) is 11.4. The van der Waals surface area contributed by atoms with Crippen LogP contribution in [0.3, 0.4) is 0 Å². The largest absolute Gasteiger partial charge is 0.350 e. The van der Waals surface area contributed by atoms with Crippen LogP contribution in [-0.4, -0.2) is 17.9 Å². The number of para-hydroxylation sites is 1. The van der Waals surface area contributed by atoms with Crippen molar-refractivity contribution in [3.63, 3.8) is 0 Å². The highest BCUT2D eigenvalue weighted by Crippen LogP contribution is 2.18. The number of aryl methyl sites for hydroxylation is 2. The molecular formula is C20H24N2O2. The molecular weight excluding hydrogens is 300 g/mol. The van der Waals surface area contributed by atoms with Gasteiger partial charge in [-0.05, 0) is 51.0 Å². The second kappa shape index (κ2) is 7.77. The van der Waals surface area contributed by atoms with Crippen LogP contribution in [0.5, 0.6) is 0 Å². The Hall–Kier alpha value is -2.62. The molecule has 0 saturated carbocycles. The number of benzene rings is 2. The van der Waals surface area contributed by atoms with Crippen LogP contribution in [0, 0.1) is 13.8 Å². The van der Waals surface area contributed by atoms with Gasteiger partial charge in [0, 0.05) is 11.6 Å². The van der Waals surface area contributed by atoms with Crippen molar-refractivity contribution in [2.24, 2.45) is 0 Å². The monoisotopic (exact) mass is 324 g/mol. The van der Waals surface area contributed by atoms with Crippen LogP contribution in [0.25, 0.3) is 0 Å². The van der Waals surface area contributed by atoms with Crippen LogP contribution in [0.15, 0.2) is 42.5 Å². The smallest absolute Gasteiger partial charge is 0.255 e. The maximum Gasteiger partial charge on any atom is 0.255 e. The third-order valence-electron chi connectivity index (χ3n) is 4.05. The van der Waals surface area contributed by atoms with Crippen LogP contribution in [0.2, 0.25) is 0 Å². The van der Waals surface area contributed by atoms with Gasteiger partial charge in [-0.3, -0.25) is 9.59 Å². The van der Waals surface area contributed by atoms with Crippen LogP contribution >= 0.6 is 0 Å². The summed E-state index contributed by atoms with van der Waals surface area (Å²) in [4.78, 5) is 25.0. The molecule has 0 aliphatic rings. The van der Waals surface area contributed by atoms with Crippen molar-refractivity contribution in [3.8, 4) is 0 Å². The van der Waals surface area contributed by atoms with Crippen LogP contribution in [0.1, 0.15) is 52.1 Å². The number of nitrogens with one attached hydrogen (secondary N) is 2. The van der Waals surface area contributed by atoms with Crippen molar-refractivity contribution in [1.82, 2.24) is 5.32 Å². The molecule has 24 heavy (non-hydrogen) atoms. The Bertz CT molecular complexity index is 753. The van der Waals surface area contributed by atoms with Crippen molar-refractivity contribution in [1.29, 1.82) is 0 Å². The predicted octanol–water partition coefficient (Wildman–Crippen LogP) is 4.08. The minimum atomic E-state index is -0.208. The first-order valence-electron chi connectivity index (χ1n) is 8.21. The lowest BCUT2D eigenvalue weighted by Gasteiger charge is -2.15. The fourth-order valence-electron chi connectivity index (χ4n) is 2.36. The van der Waals surface area contributed by atoms with Gasteiger partial charge in [-0.2, -0.15) is 0 Å². The van der Waals surface area contributed by atoms with Crippen molar-refractivity contribution < 1.29 is 9.59 Å². The van der Waals surface area contributed by atoms with E-state index in [4.69, 9.17) is 0 Å². The van der Waals surface area contributed by atoms with Gasteiger partial charge in [-0.25, -0.2) is 0 Å². The van der Waals surface area contributed by atoms with E-state index in [0.717, 1.165) is 17.5 Å². The average Bonchev–Trinajstić information content (AvgIpc) is 2.57. The number of amides is 2. The third kappa shape index (κ3) is 4.22. The summed E-state index contributed by atoms with van der Waals surface area (Å²) in [5.74, 6) is -0.388. The van der Waals surface area contributed by atoms with Gasteiger partial charge in [-0.1, -0.05) is 36.8 Å². The summed E-state index contributed by atoms with van der Waals surface area (Å²) in [6, 6.07) is 12.9. The molecule has 0 spiro atoms. The third-order valence-corrected chi connectivity index (χ3v) is 4.05. The number of hydrogen-bond donors (Lipinski definition) is 2. The number of carbonyl (C=O) groups excluding carboxylic acids is 2. The second-order valence-electron chi connectivity index (χ2n) is 6.10. The highest BCUT2D eigenvalue weighted by atomic mass is 16.2. The molecule has 1 unspecified atom stereocenters. The summed E-state index contributed by atoms with van der Waals surface area (Å²) in [6.45, 7) is 7.81. The molecule has 4 heteroatoms. The van der Waals surface area contributed by atoms with Gasteiger partial charge in [0.2, 0.25) is 0 Å². The van der Waals surface area contributed by atoms with Crippen LogP contribution < -0.4 is 10.6 Å². The fraction of sp³-hybridized carbons (Fsp3) is 0.300. The quantitative estimate of drug-likeness (QED) is 0.870. The number of anilines is 1. The average molecular weight is 324 g/mol. The van der Waals surface area contributed by atoms with Crippen LogP contribution in [-0.2, 0) is 0 Å². The van der Waals surface area contributed by atoms with Crippen molar-refractivity contribution in [3.05, 3.63) is 64.7 Å². The summed E-state index contributed by atoms with van der Waals surface area (Å²) in [7, 11) is 0. The molecule has 2 N–H and O–H groups in total. The van der Waals surface area contributed by atoms with E-state index in [1.54, 1.807) is 24.3 Å². The summed E-state index contributed by atoms with van der Waals surface area (Å²) in [5, 5.41) is 5.80. The fourth-order valence-corrected chi connectivity index (χ4v) is 2.36. The molecule has 0 aromatic heterocycles. The zero-order valence-electron chi connectivity index (χ0n) is 14.6. The first kappa shape index (κ1) is 17.7. The Kier molecular flexibility index (Phi) is 5.74. The molecule has 0 radical (unpaired) electrons. The Morgan fingerprint density at radius 1 is 1.00 bits per heavy atom. The van der Waals surface area contributed by atoms with Gasteiger partial charge < -0.3 is 10.6 Å². The Morgan fingerprint density at radius 2 is 1.71 bits per heavy atom. The van der Waals surface area contributed by atoms with Crippen molar-refractivity contribution in [2.45, 2.75) is 40.2 Å². The van der Waals surface area contributed by atoms with E-state index >= 15 is 0 Å². The number of rotatable bonds is 5. The van der Waals surface area contributed by atoms with Gasteiger partial charge in [0.25, 0.3) is 11.8 Å². The lowest BCUT2D eigenvalue weighted by Crippen LogP contribution is -2.32. The maximum atomic E-state index is 12.6. The molecule has 0 saturated heterocycles. The summed E-state index contributed by atoms with van der Waals surface area (Å²) >= 11 is 0. The number of hydrogen-bond acceptors (Lipinski definition) is 2. The summed E-state index contributed by atoms with van der Waals surface area (Å²) in [6.07, 6.45) is 0.850. The molecule has 2 aromatic carbocycles. The highest BCUT2D eigenvalue weighted by Gasteiger charge is 2.16. The first-order valence-corrected chi connectivity index (χ1v) is 8.21. The molecule has 1 atom stereocenters. The van der Waals surface area contributed by atoms with E-state index < -0.39 is 0 Å². The van der Waals surface area contributed by atoms with E-state index in [0.29, 0.717) is 16.8 Å².